The van der Waals surface area contributed by atoms with Gasteiger partial charge in [0.25, 0.3) is 0 Å². The molecule has 5 heteroatoms. The number of sulfonamides is 1. The van der Waals surface area contributed by atoms with E-state index in [0.29, 0.717) is 6.42 Å². The molecule has 0 fully saturated rings. The van der Waals surface area contributed by atoms with Crippen molar-refractivity contribution in [3.63, 3.8) is 0 Å². The first-order valence-corrected chi connectivity index (χ1v) is 9.97. The second kappa shape index (κ2) is 7.83. The molecule has 134 valence electrons. The number of amides is 1. The first-order valence-electron chi connectivity index (χ1n) is 8.32. The molecule has 1 amide bonds. The largest absolute Gasteiger partial charge is 0.273 e. The minimum absolute atomic E-state index is 0.0709. The van der Waals surface area contributed by atoms with Crippen LogP contribution in [0.4, 0.5) is 0 Å². The summed E-state index contributed by atoms with van der Waals surface area (Å²) in [5.74, 6) is -1.25. The molecule has 0 saturated heterocycles. The van der Waals surface area contributed by atoms with Gasteiger partial charge in [0.15, 0.2) is 0 Å². The van der Waals surface area contributed by atoms with Gasteiger partial charge in [-0.2, -0.15) is 0 Å². The van der Waals surface area contributed by atoms with Crippen molar-refractivity contribution in [1.29, 1.82) is 0 Å². The number of hydrogen-bond donors (Lipinski definition) is 1. The number of benzene rings is 2. The molecule has 0 radical (unpaired) electrons. The Morgan fingerprint density at radius 1 is 0.920 bits per heavy atom. The van der Waals surface area contributed by atoms with E-state index in [0.717, 1.165) is 11.1 Å². The molecule has 1 N–H and O–H groups in total. The van der Waals surface area contributed by atoms with E-state index in [9.17, 15) is 13.2 Å². The van der Waals surface area contributed by atoms with Crippen molar-refractivity contribution in [3.05, 3.63) is 71.8 Å². The summed E-state index contributed by atoms with van der Waals surface area (Å²) in [6, 6.07) is 18.4. The number of carbonyl (C=O) groups is 1. The van der Waals surface area contributed by atoms with E-state index >= 15 is 0 Å². The van der Waals surface area contributed by atoms with Crippen LogP contribution in [0.15, 0.2) is 60.7 Å². The molecule has 0 aliphatic heterocycles. The summed E-state index contributed by atoms with van der Waals surface area (Å²) in [6.45, 7) is 5.92. The van der Waals surface area contributed by atoms with Crippen molar-refractivity contribution in [2.45, 2.75) is 33.1 Å². The predicted molar refractivity (Wildman–Crippen MR) is 101 cm³/mol. The lowest BCUT2D eigenvalue weighted by Crippen LogP contribution is -2.37. The highest BCUT2D eigenvalue weighted by atomic mass is 32.2. The Morgan fingerprint density at radius 2 is 1.36 bits per heavy atom. The smallest absolute Gasteiger partial charge is 0.245 e. The van der Waals surface area contributed by atoms with E-state index in [1.54, 1.807) is 0 Å². The molecule has 0 atom stereocenters. The minimum Gasteiger partial charge on any atom is -0.273 e. The number of rotatable bonds is 6. The molecule has 0 saturated carbocycles. The fourth-order valence-electron chi connectivity index (χ4n) is 2.49. The maximum Gasteiger partial charge on any atom is 0.245 e. The van der Waals surface area contributed by atoms with E-state index in [4.69, 9.17) is 0 Å². The Balaban J connectivity index is 2.25. The molecule has 2 rings (SSSR count). The SMILES string of the molecule is CC(C)(C)CCS(=O)(=O)NC(=O)C(c1ccccc1)c1ccccc1. The summed E-state index contributed by atoms with van der Waals surface area (Å²) in [5, 5.41) is 0. The fourth-order valence-corrected chi connectivity index (χ4v) is 3.90. The highest BCUT2D eigenvalue weighted by Crippen LogP contribution is 2.25. The van der Waals surface area contributed by atoms with Gasteiger partial charge >= 0.3 is 0 Å². The van der Waals surface area contributed by atoms with Crippen LogP contribution >= 0.6 is 0 Å². The van der Waals surface area contributed by atoms with Crippen LogP contribution in [0.25, 0.3) is 0 Å². The summed E-state index contributed by atoms with van der Waals surface area (Å²) in [5.41, 5.74) is 1.41. The minimum atomic E-state index is -3.67. The average Bonchev–Trinajstić information content (AvgIpc) is 2.54. The summed E-state index contributed by atoms with van der Waals surface area (Å²) < 4.78 is 26.9. The maximum atomic E-state index is 12.8. The quantitative estimate of drug-likeness (QED) is 0.855. The molecular formula is C20H25NO3S. The zero-order chi connectivity index (χ0) is 18.5. The Kier molecular flexibility index (Phi) is 6.01. The summed E-state index contributed by atoms with van der Waals surface area (Å²) in [6.07, 6.45) is 0.483. The third-order valence-electron chi connectivity index (χ3n) is 3.90. The predicted octanol–water partition coefficient (Wildman–Crippen LogP) is 3.70. The highest BCUT2D eigenvalue weighted by Gasteiger charge is 2.27. The monoisotopic (exact) mass is 359 g/mol. The standard InChI is InChI=1S/C20H25NO3S/c1-20(2,3)14-15-25(23,24)21-19(22)18(16-10-6-4-7-11-16)17-12-8-5-9-13-17/h4-13,18H,14-15H2,1-3H3,(H,21,22). The average molecular weight is 359 g/mol. The van der Waals surface area contributed by atoms with Crippen LogP contribution < -0.4 is 4.72 Å². The number of hydrogen-bond acceptors (Lipinski definition) is 3. The van der Waals surface area contributed by atoms with E-state index in [2.05, 4.69) is 4.72 Å². The summed E-state index contributed by atoms with van der Waals surface area (Å²) in [7, 11) is -3.67. The summed E-state index contributed by atoms with van der Waals surface area (Å²) in [4.78, 5) is 12.8. The van der Waals surface area contributed by atoms with Gasteiger partial charge in [-0.15, -0.1) is 0 Å². The van der Waals surface area contributed by atoms with Gasteiger partial charge in [-0.25, -0.2) is 8.42 Å². The van der Waals surface area contributed by atoms with Crippen molar-refractivity contribution >= 4 is 15.9 Å². The lowest BCUT2D eigenvalue weighted by Gasteiger charge is -2.20. The van der Waals surface area contributed by atoms with E-state index in [-0.39, 0.29) is 11.2 Å². The molecule has 0 spiro atoms. The second-order valence-corrected chi connectivity index (χ2v) is 9.19. The highest BCUT2D eigenvalue weighted by molar-refractivity contribution is 7.90. The van der Waals surface area contributed by atoms with Crippen LogP contribution in [0.2, 0.25) is 0 Å². The molecule has 0 heterocycles. The third-order valence-corrected chi connectivity index (χ3v) is 5.16. The normalized spacial score (nSPS) is 12.2. The van der Waals surface area contributed by atoms with E-state index in [1.165, 1.54) is 0 Å². The molecule has 2 aromatic rings. The van der Waals surface area contributed by atoms with Gasteiger partial charge < -0.3 is 0 Å². The van der Waals surface area contributed by atoms with Crippen molar-refractivity contribution in [2.75, 3.05) is 5.75 Å². The van der Waals surface area contributed by atoms with Crippen molar-refractivity contribution in [2.24, 2.45) is 5.41 Å². The third kappa shape index (κ3) is 6.02. The van der Waals surface area contributed by atoms with Crippen molar-refractivity contribution < 1.29 is 13.2 Å². The molecule has 0 bridgehead atoms. The summed E-state index contributed by atoms with van der Waals surface area (Å²) >= 11 is 0. The van der Waals surface area contributed by atoms with Gasteiger partial charge in [-0.05, 0) is 23.0 Å². The van der Waals surface area contributed by atoms with Crippen LogP contribution in [0.1, 0.15) is 44.2 Å². The zero-order valence-corrected chi connectivity index (χ0v) is 15.7. The zero-order valence-electron chi connectivity index (χ0n) is 14.9. The molecule has 0 aliphatic carbocycles. The van der Waals surface area contributed by atoms with Gasteiger partial charge in [0.05, 0.1) is 11.7 Å². The van der Waals surface area contributed by atoms with Gasteiger partial charge in [0.2, 0.25) is 15.9 Å². The molecule has 0 unspecified atom stereocenters. The topological polar surface area (TPSA) is 63.2 Å². The lowest BCUT2D eigenvalue weighted by molar-refractivity contribution is -0.119. The Bertz CT molecular complexity index is 754. The fraction of sp³-hybridized carbons (Fsp3) is 0.350. The van der Waals surface area contributed by atoms with Crippen LogP contribution in [0.3, 0.4) is 0 Å². The molecular weight excluding hydrogens is 334 g/mol. The van der Waals surface area contributed by atoms with E-state index < -0.39 is 21.8 Å². The molecule has 25 heavy (non-hydrogen) atoms. The van der Waals surface area contributed by atoms with Crippen molar-refractivity contribution in [1.82, 2.24) is 4.72 Å². The molecule has 0 aromatic heterocycles. The Morgan fingerprint density at radius 3 is 1.76 bits per heavy atom. The maximum absolute atomic E-state index is 12.8. The van der Waals surface area contributed by atoms with Crippen LogP contribution in [-0.4, -0.2) is 20.1 Å². The lowest BCUT2D eigenvalue weighted by atomic mass is 9.91. The number of nitrogens with one attached hydrogen (secondary N) is 1. The van der Waals surface area contributed by atoms with Gasteiger partial charge in [-0.3, -0.25) is 9.52 Å². The Labute approximate surface area is 150 Å². The van der Waals surface area contributed by atoms with E-state index in [1.807, 2.05) is 81.4 Å². The van der Waals surface area contributed by atoms with Gasteiger partial charge in [0, 0.05) is 0 Å². The van der Waals surface area contributed by atoms with Gasteiger partial charge in [0.1, 0.15) is 0 Å². The first kappa shape index (κ1) is 19.2. The van der Waals surface area contributed by atoms with Gasteiger partial charge in [-0.1, -0.05) is 81.4 Å². The number of carbonyl (C=O) groups excluding carboxylic acids is 1. The molecule has 2 aromatic carbocycles. The second-order valence-electron chi connectivity index (χ2n) is 7.35. The van der Waals surface area contributed by atoms with Crippen LogP contribution in [0.5, 0.6) is 0 Å². The van der Waals surface area contributed by atoms with Crippen LogP contribution in [0, 0.1) is 5.41 Å². The molecule has 4 nitrogen and oxygen atoms in total. The van der Waals surface area contributed by atoms with Crippen molar-refractivity contribution in [3.8, 4) is 0 Å². The van der Waals surface area contributed by atoms with Crippen LogP contribution in [-0.2, 0) is 14.8 Å². The molecule has 0 aliphatic rings. The Hall–Kier alpha value is -2.14. The first-order chi connectivity index (χ1) is 11.7.